The molecule has 1 aromatic carbocycles. The standard InChI is InChI=1S/C17H22N2O5/c1-17(2,3)24-16(23)18-13-6-4-11(5-7-13)9-19-10-12(15(21)22)8-14(19)20/h4-7,12H,8-10H2,1-3H3,(H,18,23)(H,21,22). The van der Waals surface area contributed by atoms with Gasteiger partial charge in [-0.25, -0.2) is 4.79 Å². The Kier molecular flexibility index (Phi) is 5.11. The van der Waals surface area contributed by atoms with Crippen molar-refractivity contribution >= 4 is 23.7 Å². The number of rotatable bonds is 4. The highest BCUT2D eigenvalue weighted by Gasteiger charge is 2.34. The van der Waals surface area contributed by atoms with Gasteiger partial charge in [-0.05, 0) is 38.5 Å². The molecule has 130 valence electrons. The number of nitrogens with zero attached hydrogens (tertiary/aromatic N) is 1. The van der Waals surface area contributed by atoms with E-state index >= 15 is 0 Å². The summed E-state index contributed by atoms with van der Waals surface area (Å²) in [5.74, 6) is -1.73. The Morgan fingerprint density at radius 3 is 2.42 bits per heavy atom. The van der Waals surface area contributed by atoms with Crippen LogP contribution < -0.4 is 5.32 Å². The number of anilines is 1. The van der Waals surface area contributed by atoms with E-state index in [1.54, 1.807) is 45.0 Å². The zero-order valence-corrected chi connectivity index (χ0v) is 14.0. The van der Waals surface area contributed by atoms with E-state index < -0.39 is 23.6 Å². The highest BCUT2D eigenvalue weighted by Crippen LogP contribution is 2.21. The maximum Gasteiger partial charge on any atom is 0.412 e. The van der Waals surface area contributed by atoms with Gasteiger partial charge in [-0.1, -0.05) is 12.1 Å². The molecule has 0 saturated carbocycles. The zero-order valence-electron chi connectivity index (χ0n) is 14.0. The molecule has 7 heteroatoms. The summed E-state index contributed by atoms with van der Waals surface area (Å²) in [5, 5.41) is 11.6. The molecule has 1 unspecified atom stereocenters. The number of aliphatic carboxylic acids is 1. The summed E-state index contributed by atoms with van der Waals surface area (Å²) in [4.78, 5) is 36.0. The van der Waals surface area contributed by atoms with Gasteiger partial charge in [-0.2, -0.15) is 0 Å². The van der Waals surface area contributed by atoms with Crippen molar-refractivity contribution in [2.24, 2.45) is 5.92 Å². The number of ether oxygens (including phenoxy) is 1. The second-order valence-electron chi connectivity index (χ2n) is 6.84. The lowest BCUT2D eigenvalue weighted by Gasteiger charge is -2.20. The van der Waals surface area contributed by atoms with Crippen molar-refractivity contribution in [3.63, 3.8) is 0 Å². The Balaban J connectivity index is 1.92. The third-order valence-corrected chi connectivity index (χ3v) is 3.54. The van der Waals surface area contributed by atoms with Crippen molar-refractivity contribution in [1.29, 1.82) is 0 Å². The second kappa shape index (κ2) is 6.90. The van der Waals surface area contributed by atoms with Gasteiger partial charge in [-0.3, -0.25) is 14.9 Å². The quantitative estimate of drug-likeness (QED) is 0.882. The molecular formula is C17H22N2O5. The Morgan fingerprint density at radius 2 is 1.92 bits per heavy atom. The van der Waals surface area contributed by atoms with E-state index in [0.29, 0.717) is 12.2 Å². The number of carbonyl (C=O) groups is 3. The van der Waals surface area contributed by atoms with Crippen LogP contribution in [0.1, 0.15) is 32.8 Å². The third kappa shape index (κ3) is 4.97. The summed E-state index contributed by atoms with van der Waals surface area (Å²) in [6.07, 6.45) is -0.484. The predicted molar refractivity (Wildman–Crippen MR) is 87.5 cm³/mol. The molecule has 2 rings (SSSR count). The first-order valence-electron chi connectivity index (χ1n) is 7.73. The SMILES string of the molecule is CC(C)(C)OC(=O)Nc1ccc(CN2CC(C(=O)O)CC2=O)cc1. The summed E-state index contributed by atoms with van der Waals surface area (Å²) in [6.45, 7) is 5.94. The summed E-state index contributed by atoms with van der Waals surface area (Å²) >= 11 is 0. The fourth-order valence-electron chi connectivity index (χ4n) is 2.43. The Bertz CT molecular complexity index is 633. The molecule has 0 bridgehead atoms. The van der Waals surface area contributed by atoms with Gasteiger partial charge in [-0.15, -0.1) is 0 Å². The molecule has 1 aliphatic rings. The first-order chi connectivity index (χ1) is 11.1. The Morgan fingerprint density at radius 1 is 1.29 bits per heavy atom. The smallest absolute Gasteiger partial charge is 0.412 e. The van der Waals surface area contributed by atoms with E-state index in [2.05, 4.69) is 5.32 Å². The van der Waals surface area contributed by atoms with Crippen LogP contribution in [-0.2, 0) is 20.9 Å². The van der Waals surface area contributed by atoms with Gasteiger partial charge in [0, 0.05) is 25.2 Å². The molecule has 2 amide bonds. The van der Waals surface area contributed by atoms with Gasteiger partial charge >= 0.3 is 12.1 Å². The summed E-state index contributed by atoms with van der Waals surface area (Å²) in [6, 6.07) is 7.01. The highest BCUT2D eigenvalue weighted by molar-refractivity contribution is 5.86. The lowest BCUT2D eigenvalue weighted by atomic mass is 10.1. The molecular weight excluding hydrogens is 312 g/mol. The minimum absolute atomic E-state index is 0.0492. The average molecular weight is 334 g/mol. The first-order valence-corrected chi connectivity index (χ1v) is 7.73. The van der Waals surface area contributed by atoms with Crippen LogP contribution in [0, 0.1) is 5.92 Å². The zero-order chi connectivity index (χ0) is 17.9. The number of hydrogen-bond acceptors (Lipinski definition) is 4. The Hall–Kier alpha value is -2.57. The van der Waals surface area contributed by atoms with E-state index in [1.165, 1.54) is 4.90 Å². The number of amides is 2. The highest BCUT2D eigenvalue weighted by atomic mass is 16.6. The van der Waals surface area contributed by atoms with Crippen LogP contribution in [0.2, 0.25) is 0 Å². The molecule has 1 aromatic rings. The molecule has 1 atom stereocenters. The molecule has 1 heterocycles. The maximum atomic E-state index is 11.8. The average Bonchev–Trinajstić information content (AvgIpc) is 2.80. The summed E-state index contributed by atoms with van der Waals surface area (Å²) < 4.78 is 5.17. The molecule has 1 saturated heterocycles. The van der Waals surface area contributed by atoms with Crippen molar-refractivity contribution in [3.05, 3.63) is 29.8 Å². The molecule has 0 aromatic heterocycles. The number of carboxylic acids is 1. The summed E-state index contributed by atoms with van der Waals surface area (Å²) in [5.41, 5.74) is 0.883. The van der Waals surface area contributed by atoms with Crippen molar-refractivity contribution in [2.45, 2.75) is 39.3 Å². The van der Waals surface area contributed by atoms with Crippen LogP contribution >= 0.6 is 0 Å². The van der Waals surface area contributed by atoms with E-state index in [4.69, 9.17) is 9.84 Å². The van der Waals surface area contributed by atoms with Gasteiger partial charge in [0.05, 0.1) is 5.92 Å². The topological polar surface area (TPSA) is 95.9 Å². The predicted octanol–water partition coefficient (Wildman–Crippen LogP) is 2.47. The largest absolute Gasteiger partial charge is 0.481 e. The fraction of sp³-hybridized carbons (Fsp3) is 0.471. The number of nitrogens with one attached hydrogen (secondary N) is 1. The first kappa shape index (κ1) is 17.8. The van der Waals surface area contributed by atoms with Gasteiger partial charge in [0.25, 0.3) is 0 Å². The fourth-order valence-corrected chi connectivity index (χ4v) is 2.43. The lowest BCUT2D eigenvalue weighted by Crippen LogP contribution is -2.27. The van der Waals surface area contributed by atoms with Crippen LogP contribution in [0.5, 0.6) is 0 Å². The molecule has 0 radical (unpaired) electrons. The van der Waals surface area contributed by atoms with Gasteiger partial charge < -0.3 is 14.7 Å². The minimum Gasteiger partial charge on any atom is -0.481 e. The van der Waals surface area contributed by atoms with Crippen molar-refractivity contribution in [3.8, 4) is 0 Å². The van der Waals surface area contributed by atoms with Crippen molar-refractivity contribution in [1.82, 2.24) is 4.90 Å². The monoisotopic (exact) mass is 334 g/mol. The van der Waals surface area contributed by atoms with Crippen molar-refractivity contribution in [2.75, 3.05) is 11.9 Å². The van der Waals surface area contributed by atoms with Gasteiger partial charge in [0.15, 0.2) is 0 Å². The van der Waals surface area contributed by atoms with Gasteiger partial charge in [0.2, 0.25) is 5.91 Å². The number of benzene rings is 1. The van der Waals surface area contributed by atoms with Crippen LogP contribution in [0.4, 0.5) is 10.5 Å². The molecule has 24 heavy (non-hydrogen) atoms. The number of hydrogen-bond donors (Lipinski definition) is 2. The number of likely N-dealkylation sites (tertiary alicyclic amines) is 1. The van der Waals surface area contributed by atoms with E-state index in [1.807, 2.05) is 0 Å². The number of carbonyl (C=O) groups excluding carboxylic acids is 2. The minimum atomic E-state index is -0.942. The van der Waals surface area contributed by atoms with Crippen molar-refractivity contribution < 1.29 is 24.2 Å². The van der Waals surface area contributed by atoms with Crippen LogP contribution in [0.15, 0.2) is 24.3 Å². The molecule has 7 nitrogen and oxygen atoms in total. The molecule has 1 aliphatic heterocycles. The third-order valence-electron chi connectivity index (χ3n) is 3.54. The van der Waals surface area contributed by atoms with Gasteiger partial charge in [0.1, 0.15) is 5.60 Å². The maximum absolute atomic E-state index is 11.8. The molecule has 0 aliphatic carbocycles. The normalized spacial score (nSPS) is 17.7. The van der Waals surface area contributed by atoms with E-state index in [9.17, 15) is 14.4 Å². The summed E-state index contributed by atoms with van der Waals surface area (Å²) in [7, 11) is 0. The van der Waals surface area contributed by atoms with Crippen LogP contribution in [0.25, 0.3) is 0 Å². The molecule has 0 spiro atoms. The van der Waals surface area contributed by atoms with E-state index in [-0.39, 0.29) is 18.9 Å². The lowest BCUT2D eigenvalue weighted by molar-refractivity contribution is -0.141. The molecule has 2 N–H and O–H groups in total. The van der Waals surface area contributed by atoms with Crippen LogP contribution in [0.3, 0.4) is 0 Å². The van der Waals surface area contributed by atoms with Crippen LogP contribution in [-0.4, -0.2) is 40.1 Å². The molecule has 1 fully saturated rings. The number of carboxylic acid groups (broad SMARTS) is 1. The Labute approximate surface area is 140 Å². The second-order valence-corrected chi connectivity index (χ2v) is 6.84. The van der Waals surface area contributed by atoms with E-state index in [0.717, 1.165) is 5.56 Å².